The molecule has 0 amide bonds. The van der Waals surface area contributed by atoms with E-state index in [4.69, 9.17) is 5.11 Å². The van der Waals surface area contributed by atoms with Crippen molar-refractivity contribution >= 4 is 26.9 Å². The maximum absolute atomic E-state index is 12.6. The molecule has 7 heteroatoms. The van der Waals surface area contributed by atoms with Gasteiger partial charge >= 0.3 is 5.97 Å². The second-order valence-electron chi connectivity index (χ2n) is 4.97. The monoisotopic (exact) mass is 306 g/mol. The molecule has 0 aliphatic carbocycles. The van der Waals surface area contributed by atoms with Crippen molar-refractivity contribution in [3.05, 3.63) is 36.5 Å². The third-order valence-corrected chi connectivity index (χ3v) is 5.57. The highest BCUT2D eigenvalue weighted by atomic mass is 32.2. The van der Waals surface area contributed by atoms with E-state index in [0.29, 0.717) is 23.7 Å². The summed E-state index contributed by atoms with van der Waals surface area (Å²) in [7, 11) is -3.80. The van der Waals surface area contributed by atoms with Gasteiger partial charge in [0.2, 0.25) is 10.0 Å². The van der Waals surface area contributed by atoms with Gasteiger partial charge in [-0.3, -0.25) is 9.78 Å². The molecule has 1 aromatic carbocycles. The number of carbonyl (C=O) groups is 1. The number of hydrogen-bond donors (Lipinski definition) is 1. The number of aliphatic carboxylic acids is 1. The van der Waals surface area contributed by atoms with E-state index in [1.54, 1.807) is 24.4 Å². The summed E-state index contributed by atoms with van der Waals surface area (Å²) in [6.45, 7) is 0.240. The Morgan fingerprint density at radius 2 is 2.14 bits per heavy atom. The predicted molar refractivity (Wildman–Crippen MR) is 76.3 cm³/mol. The molecule has 0 radical (unpaired) electrons. The molecule has 1 saturated heterocycles. The third kappa shape index (κ3) is 2.38. The van der Waals surface area contributed by atoms with Gasteiger partial charge < -0.3 is 5.11 Å². The molecular weight excluding hydrogens is 292 g/mol. The molecule has 1 unspecified atom stereocenters. The van der Waals surface area contributed by atoms with Crippen LogP contribution in [0.3, 0.4) is 0 Å². The molecule has 0 spiro atoms. The SMILES string of the molecule is O=C(O)C1CCCN1S(=O)(=O)c1ccc2ncccc2c1. The van der Waals surface area contributed by atoms with Crippen molar-refractivity contribution in [1.29, 1.82) is 0 Å². The van der Waals surface area contributed by atoms with Crippen molar-refractivity contribution < 1.29 is 18.3 Å². The average Bonchev–Trinajstić information content (AvgIpc) is 2.97. The summed E-state index contributed by atoms with van der Waals surface area (Å²) < 4.78 is 26.3. The summed E-state index contributed by atoms with van der Waals surface area (Å²) in [5.74, 6) is -1.10. The molecule has 1 aromatic heterocycles. The Labute approximate surface area is 122 Å². The Morgan fingerprint density at radius 1 is 1.33 bits per heavy atom. The Bertz CT molecular complexity index is 803. The predicted octanol–water partition coefficient (Wildman–Crippen LogP) is 1.47. The standard InChI is InChI=1S/C14H14N2O4S/c17-14(18)13-4-2-8-16(13)21(19,20)11-5-6-12-10(9-11)3-1-7-15-12/h1,3,5-7,9,13H,2,4,8H2,(H,17,18). The zero-order chi connectivity index (χ0) is 15.0. The summed E-state index contributed by atoms with van der Waals surface area (Å²) >= 11 is 0. The van der Waals surface area contributed by atoms with Gasteiger partial charge in [-0.25, -0.2) is 8.42 Å². The van der Waals surface area contributed by atoms with Gasteiger partial charge in [0.05, 0.1) is 10.4 Å². The number of hydrogen-bond acceptors (Lipinski definition) is 4. The number of carboxylic acids is 1. The highest BCUT2D eigenvalue weighted by Gasteiger charge is 2.39. The molecule has 1 N–H and O–H groups in total. The van der Waals surface area contributed by atoms with E-state index in [9.17, 15) is 13.2 Å². The van der Waals surface area contributed by atoms with Gasteiger partial charge in [0.15, 0.2) is 0 Å². The van der Waals surface area contributed by atoms with Crippen LogP contribution in [0.1, 0.15) is 12.8 Å². The van der Waals surface area contributed by atoms with Crippen molar-refractivity contribution in [2.45, 2.75) is 23.8 Å². The van der Waals surface area contributed by atoms with Gasteiger partial charge in [-0.2, -0.15) is 4.31 Å². The molecular formula is C14H14N2O4S. The topological polar surface area (TPSA) is 87.6 Å². The van der Waals surface area contributed by atoms with Gasteiger partial charge in [0, 0.05) is 18.1 Å². The fourth-order valence-electron chi connectivity index (χ4n) is 2.62. The number of nitrogens with zero attached hydrogens (tertiary/aromatic N) is 2. The number of benzene rings is 1. The molecule has 1 aliphatic rings. The summed E-state index contributed by atoms with van der Waals surface area (Å²) in [4.78, 5) is 15.4. The first kappa shape index (κ1) is 14.0. The maximum atomic E-state index is 12.6. The minimum atomic E-state index is -3.80. The van der Waals surface area contributed by atoms with Crippen LogP contribution in [0.5, 0.6) is 0 Å². The highest BCUT2D eigenvalue weighted by Crippen LogP contribution is 2.27. The smallest absolute Gasteiger partial charge is 0.322 e. The van der Waals surface area contributed by atoms with Gasteiger partial charge in [-0.15, -0.1) is 0 Å². The molecule has 0 bridgehead atoms. The number of fused-ring (bicyclic) bond motifs is 1. The second-order valence-corrected chi connectivity index (χ2v) is 6.86. The van der Waals surface area contributed by atoms with E-state index < -0.39 is 22.0 Å². The number of rotatable bonds is 3. The molecule has 21 heavy (non-hydrogen) atoms. The quantitative estimate of drug-likeness (QED) is 0.928. The summed E-state index contributed by atoms with van der Waals surface area (Å²) in [6, 6.07) is 7.18. The molecule has 1 aliphatic heterocycles. The molecule has 2 aromatic rings. The fourth-order valence-corrected chi connectivity index (χ4v) is 4.31. The largest absolute Gasteiger partial charge is 0.480 e. The van der Waals surface area contributed by atoms with Crippen molar-refractivity contribution in [2.24, 2.45) is 0 Å². The van der Waals surface area contributed by atoms with E-state index in [2.05, 4.69) is 4.98 Å². The van der Waals surface area contributed by atoms with Crippen LogP contribution in [0.2, 0.25) is 0 Å². The van der Waals surface area contributed by atoms with Crippen LogP contribution < -0.4 is 0 Å². The van der Waals surface area contributed by atoms with Crippen molar-refractivity contribution in [3.63, 3.8) is 0 Å². The molecule has 0 saturated carbocycles. The van der Waals surface area contributed by atoms with Crippen LogP contribution in [0, 0.1) is 0 Å². The van der Waals surface area contributed by atoms with Gasteiger partial charge in [0.25, 0.3) is 0 Å². The third-order valence-electron chi connectivity index (χ3n) is 3.67. The van der Waals surface area contributed by atoms with Crippen LogP contribution in [0.4, 0.5) is 0 Å². The van der Waals surface area contributed by atoms with Crippen LogP contribution in [0.15, 0.2) is 41.4 Å². The molecule has 3 rings (SSSR count). The molecule has 1 fully saturated rings. The second kappa shape index (κ2) is 5.09. The van der Waals surface area contributed by atoms with Gasteiger partial charge in [-0.05, 0) is 37.1 Å². The molecule has 1 atom stereocenters. The van der Waals surface area contributed by atoms with Gasteiger partial charge in [0.1, 0.15) is 6.04 Å². The van der Waals surface area contributed by atoms with E-state index in [1.165, 1.54) is 12.1 Å². The number of sulfonamides is 1. The highest BCUT2D eigenvalue weighted by molar-refractivity contribution is 7.89. The number of pyridine rings is 1. The van der Waals surface area contributed by atoms with Crippen molar-refractivity contribution in [1.82, 2.24) is 9.29 Å². The van der Waals surface area contributed by atoms with E-state index in [0.717, 1.165) is 4.31 Å². The lowest BCUT2D eigenvalue weighted by atomic mass is 10.2. The Kier molecular flexibility index (Phi) is 3.38. The molecule has 110 valence electrons. The lowest BCUT2D eigenvalue weighted by Gasteiger charge is -2.21. The zero-order valence-corrected chi connectivity index (χ0v) is 12.0. The Balaban J connectivity index is 2.05. The first-order valence-corrected chi connectivity index (χ1v) is 8.03. The fraction of sp³-hybridized carbons (Fsp3) is 0.286. The normalized spacial score (nSPS) is 19.9. The first-order valence-electron chi connectivity index (χ1n) is 6.59. The van der Waals surface area contributed by atoms with Crippen LogP contribution in [0.25, 0.3) is 10.9 Å². The van der Waals surface area contributed by atoms with Crippen LogP contribution >= 0.6 is 0 Å². The summed E-state index contributed by atoms with van der Waals surface area (Å²) in [6.07, 6.45) is 2.55. The van der Waals surface area contributed by atoms with Crippen molar-refractivity contribution in [2.75, 3.05) is 6.54 Å². The Hall–Kier alpha value is -1.99. The summed E-state index contributed by atoms with van der Waals surface area (Å²) in [5, 5.41) is 9.86. The Morgan fingerprint density at radius 3 is 2.90 bits per heavy atom. The average molecular weight is 306 g/mol. The number of aromatic nitrogens is 1. The minimum Gasteiger partial charge on any atom is -0.480 e. The lowest BCUT2D eigenvalue weighted by Crippen LogP contribution is -2.40. The maximum Gasteiger partial charge on any atom is 0.322 e. The van der Waals surface area contributed by atoms with E-state index >= 15 is 0 Å². The molecule has 2 heterocycles. The summed E-state index contributed by atoms with van der Waals surface area (Å²) in [5.41, 5.74) is 0.702. The number of carboxylic acid groups (broad SMARTS) is 1. The minimum absolute atomic E-state index is 0.108. The first-order chi connectivity index (χ1) is 10.00. The van der Waals surface area contributed by atoms with Gasteiger partial charge in [-0.1, -0.05) is 6.07 Å². The van der Waals surface area contributed by atoms with Crippen LogP contribution in [-0.2, 0) is 14.8 Å². The van der Waals surface area contributed by atoms with E-state index in [1.807, 2.05) is 0 Å². The van der Waals surface area contributed by atoms with Crippen molar-refractivity contribution in [3.8, 4) is 0 Å². The lowest BCUT2D eigenvalue weighted by molar-refractivity contribution is -0.140. The van der Waals surface area contributed by atoms with Crippen LogP contribution in [-0.4, -0.2) is 41.4 Å². The molecule has 6 nitrogen and oxygen atoms in total. The van der Waals surface area contributed by atoms with E-state index in [-0.39, 0.29) is 11.4 Å². The zero-order valence-electron chi connectivity index (χ0n) is 11.1.